The maximum atomic E-state index is 5.97. The summed E-state index contributed by atoms with van der Waals surface area (Å²) in [5.41, 5.74) is 11.0. The number of thioether (sulfide) groups is 1. The van der Waals surface area contributed by atoms with Crippen molar-refractivity contribution in [1.82, 2.24) is 10.4 Å². The Balaban J connectivity index is 2.03. The lowest BCUT2D eigenvalue weighted by molar-refractivity contribution is 0.606. The molecule has 1 fully saturated rings. The topological polar surface area (TPSA) is 77.0 Å². The molecule has 1 heterocycles. The third-order valence-corrected chi connectivity index (χ3v) is 5.06. The predicted molar refractivity (Wildman–Crippen MR) is 78.2 cm³/mol. The zero-order chi connectivity index (χ0) is 13.0. The molecule has 0 aromatic carbocycles. The molecule has 5 N–H and O–H groups in total. The van der Waals surface area contributed by atoms with E-state index in [0.717, 1.165) is 22.1 Å². The second-order valence-electron chi connectivity index (χ2n) is 4.89. The molecule has 1 aromatic rings. The van der Waals surface area contributed by atoms with Crippen LogP contribution in [0.25, 0.3) is 0 Å². The first-order valence-electron chi connectivity index (χ1n) is 6.51. The number of pyridine rings is 1. The van der Waals surface area contributed by atoms with Gasteiger partial charge in [0.1, 0.15) is 5.82 Å². The Hall–Kier alpha value is -0.780. The lowest BCUT2D eigenvalue weighted by atomic mass is 10.0. The minimum absolute atomic E-state index is 0.0873. The molecule has 1 aliphatic rings. The van der Waals surface area contributed by atoms with Gasteiger partial charge in [-0.25, -0.2) is 4.98 Å². The van der Waals surface area contributed by atoms with Crippen molar-refractivity contribution >= 4 is 17.6 Å². The molecular formula is C13H22N4S. The summed E-state index contributed by atoms with van der Waals surface area (Å²) < 4.78 is 0. The fraction of sp³-hybridized carbons (Fsp3) is 0.615. The molecule has 4 nitrogen and oxygen atoms in total. The van der Waals surface area contributed by atoms with Gasteiger partial charge in [-0.2, -0.15) is 11.8 Å². The SMILES string of the molecule is Cc1ccnc(N)c1C(CSC1CCCC1)NN. The number of hydrogen-bond acceptors (Lipinski definition) is 5. The zero-order valence-electron chi connectivity index (χ0n) is 10.9. The summed E-state index contributed by atoms with van der Waals surface area (Å²) in [6.45, 7) is 2.05. The number of nitrogen functional groups attached to an aromatic ring is 1. The van der Waals surface area contributed by atoms with E-state index < -0.39 is 0 Å². The number of nitrogens with one attached hydrogen (secondary N) is 1. The minimum Gasteiger partial charge on any atom is -0.383 e. The number of anilines is 1. The summed E-state index contributed by atoms with van der Waals surface area (Å²) in [5, 5.41) is 0.791. The van der Waals surface area contributed by atoms with E-state index in [9.17, 15) is 0 Å². The normalized spacial score (nSPS) is 18.1. The highest BCUT2D eigenvalue weighted by Crippen LogP contribution is 2.33. The first kappa shape index (κ1) is 13.6. The molecule has 1 unspecified atom stereocenters. The van der Waals surface area contributed by atoms with Gasteiger partial charge in [0.25, 0.3) is 0 Å². The summed E-state index contributed by atoms with van der Waals surface area (Å²) in [6.07, 6.45) is 7.15. The van der Waals surface area contributed by atoms with E-state index in [2.05, 4.69) is 17.3 Å². The van der Waals surface area contributed by atoms with Crippen molar-refractivity contribution in [2.75, 3.05) is 11.5 Å². The maximum absolute atomic E-state index is 5.97. The summed E-state index contributed by atoms with van der Waals surface area (Å²) in [6, 6.07) is 2.07. The molecule has 1 aliphatic carbocycles. The standard InChI is InChI=1S/C13H22N4S/c1-9-6-7-16-13(14)12(9)11(17-15)8-18-10-4-2-3-5-10/h6-7,10-11,17H,2-5,8,15H2,1H3,(H2,14,16). The van der Waals surface area contributed by atoms with Crippen LogP contribution >= 0.6 is 11.8 Å². The van der Waals surface area contributed by atoms with Crippen LogP contribution in [0.4, 0.5) is 5.82 Å². The number of rotatable bonds is 5. The van der Waals surface area contributed by atoms with E-state index in [1.807, 2.05) is 17.8 Å². The molecular weight excluding hydrogens is 244 g/mol. The first-order chi connectivity index (χ1) is 8.72. The van der Waals surface area contributed by atoms with Crippen LogP contribution in [0.1, 0.15) is 42.9 Å². The number of aryl methyl sites for hydroxylation is 1. The largest absolute Gasteiger partial charge is 0.383 e. The zero-order valence-corrected chi connectivity index (χ0v) is 11.7. The summed E-state index contributed by atoms with van der Waals surface area (Å²) in [4.78, 5) is 4.16. The van der Waals surface area contributed by atoms with Crippen molar-refractivity contribution < 1.29 is 0 Å². The Bertz CT molecular complexity index is 370. The van der Waals surface area contributed by atoms with Crippen molar-refractivity contribution in [2.45, 2.75) is 43.9 Å². The Morgan fingerprint density at radius 2 is 2.22 bits per heavy atom. The van der Waals surface area contributed by atoms with Gasteiger partial charge in [-0.1, -0.05) is 12.8 Å². The van der Waals surface area contributed by atoms with E-state index in [4.69, 9.17) is 11.6 Å². The molecule has 0 saturated heterocycles. The Labute approximate surface area is 113 Å². The lowest BCUT2D eigenvalue weighted by Gasteiger charge is -2.21. The highest BCUT2D eigenvalue weighted by Gasteiger charge is 2.20. The summed E-state index contributed by atoms with van der Waals surface area (Å²) >= 11 is 2.00. The molecule has 0 radical (unpaired) electrons. The molecule has 2 rings (SSSR count). The molecule has 0 amide bonds. The smallest absolute Gasteiger partial charge is 0.128 e. The van der Waals surface area contributed by atoms with E-state index in [1.54, 1.807) is 6.20 Å². The van der Waals surface area contributed by atoms with Crippen LogP contribution in [-0.4, -0.2) is 16.0 Å². The molecule has 18 heavy (non-hydrogen) atoms. The Kier molecular flexibility index (Phi) is 4.86. The maximum Gasteiger partial charge on any atom is 0.128 e. The van der Waals surface area contributed by atoms with Gasteiger partial charge in [0.2, 0.25) is 0 Å². The fourth-order valence-corrected chi connectivity index (χ4v) is 3.94. The van der Waals surface area contributed by atoms with Gasteiger partial charge in [-0.3, -0.25) is 11.3 Å². The van der Waals surface area contributed by atoms with Crippen molar-refractivity contribution in [3.05, 3.63) is 23.4 Å². The van der Waals surface area contributed by atoms with E-state index in [1.165, 1.54) is 25.7 Å². The molecule has 0 spiro atoms. The number of nitrogens with two attached hydrogens (primary N) is 2. The fourth-order valence-electron chi connectivity index (χ4n) is 2.55. The van der Waals surface area contributed by atoms with Crippen molar-refractivity contribution in [3.8, 4) is 0 Å². The van der Waals surface area contributed by atoms with Gasteiger partial charge in [0.05, 0.1) is 6.04 Å². The van der Waals surface area contributed by atoms with Crippen molar-refractivity contribution in [3.63, 3.8) is 0 Å². The molecule has 1 aromatic heterocycles. The molecule has 5 heteroatoms. The van der Waals surface area contributed by atoms with Gasteiger partial charge in [0.15, 0.2) is 0 Å². The number of nitrogens with zero attached hydrogens (tertiary/aromatic N) is 1. The highest BCUT2D eigenvalue weighted by molar-refractivity contribution is 7.99. The Morgan fingerprint density at radius 3 is 2.83 bits per heavy atom. The number of hydrogen-bond donors (Lipinski definition) is 3. The van der Waals surface area contributed by atoms with Gasteiger partial charge in [-0.05, 0) is 31.4 Å². The second kappa shape index (κ2) is 6.41. The first-order valence-corrected chi connectivity index (χ1v) is 7.56. The van der Waals surface area contributed by atoms with Gasteiger partial charge >= 0.3 is 0 Å². The molecule has 0 bridgehead atoms. The molecule has 0 aliphatic heterocycles. The van der Waals surface area contributed by atoms with Crippen molar-refractivity contribution in [2.24, 2.45) is 5.84 Å². The van der Waals surface area contributed by atoms with Crippen LogP contribution in [-0.2, 0) is 0 Å². The lowest BCUT2D eigenvalue weighted by Crippen LogP contribution is -2.31. The highest BCUT2D eigenvalue weighted by atomic mass is 32.2. The van der Waals surface area contributed by atoms with Gasteiger partial charge in [0, 0.05) is 22.8 Å². The second-order valence-corrected chi connectivity index (χ2v) is 6.22. The van der Waals surface area contributed by atoms with Crippen LogP contribution in [0.2, 0.25) is 0 Å². The van der Waals surface area contributed by atoms with E-state index in [-0.39, 0.29) is 6.04 Å². The van der Waals surface area contributed by atoms with E-state index in [0.29, 0.717) is 5.82 Å². The number of hydrazine groups is 1. The predicted octanol–water partition coefficient (Wildman–Crippen LogP) is 2.15. The molecule has 1 atom stereocenters. The average Bonchev–Trinajstić information content (AvgIpc) is 2.86. The van der Waals surface area contributed by atoms with Gasteiger partial charge in [-0.15, -0.1) is 0 Å². The van der Waals surface area contributed by atoms with E-state index >= 15 is 0 Å². The van der Waals surface area contributed by atoms with Crippen LogP contribution in [0.3, 0.4) is 0 Å². The average molecular weight is 266 g/mol. The minimum atomic E-state index is 0.0873. The quantitative estimate of drug-likeness (QED) is 0.562. The van der Waals surface area contributed by atoms with Crippen LogP contribution in [0, 0.1) is 6.92 Å². The van der Waals surface area contributed by atoms with Gasteiger partial charge < -0.3 is 5.73 Å². The summed E-state index contributed by atoms with van der Waals surface area (Å²) in [5.74, 6) is 7.22. The third kappa shape index (κ3) is 3.16. The molecule has 100 valence electrons. The molecule has 1 saturated carbocycles. The van der Waals surface area contributed by atoms with Crippen LogP contribution in [0.5, 0.6) is 0 Å². The Morgan fingerprint density at radius 1 is 1.50 bits per heavy atom. The summed E-state index contributed by atoms with van der Waals surface area (Å²) in [7, 11) is 0. The monoisotopic (exact) mass is 266 g/mol. The van der Waals surface area contributed by atoms with Crippen LogP contribution in [0.15, 0.2) is 12.3 Å². The van der Waals surface area contributed by atoms with Crippen LogP contribution < -0.4 is 17.0 Å². The third-order valence-electron chi connectivity index (χ3n) is 3.59. The number of aromatic nitrogens is 1. The van der Waals surface area contributed by atoms with Crippen molar-refractivity contribution in [1.29, 1.82) is 0 Å².